The van der Waals surface area contributed by atoms with Gasteiger partial charge in [0, 0.05) is 23.7 Å². The molecule has 0 radical (unpaired) electrons. The van der Waals surface area contributed by atoms with Gasteiger partial charge in [-0.25, -0.2) is 10.8 Å². The van der Waals surface area contributed by atoms with Gasteiger partial charge in [-0.3, -0.25) is 15.1 Å². The molecular formula is C11H19N5OS. The lowest BCUT2D eigenvalue weighted by molar-refractivity contribution is -0.119. The monoisotopic (exact) mass is 269 g/mol. The molecule has 1 aromatic heterocycles. The van der Waals surface area contributed by atoms with Crippen LogP contribution in [-0.4, -0.2) is 28.4 Å². The highest BCUT2D eigenvalue weighted by molar-refractivity contribution is 7.15. The number of thiazole rings is 1. The maximum Gasteiger partial charge on any atom is 0.231 e. The molecule has 5 N–H and O–H groups in total. The smallest absolute Gasteiger partial charge is 0.231 e. The van der Waals surface area contributed by atoms with Crippen molar-refractivity contribution in [3.8, 4) is 0 Å². The summed E-state index contributed by atoms with van der Waals surface area (Å²) in [5, 5.41) is 0.690. The number of anilines is 1. The second-order valence-corrected chi connectivity index (χ2v) is 5.70. The van der Waals surface area contributed by atoms with Crippen LogP contribution in [0.2, 0.25) is 0 Å². The van der Waals surface area contributed by atoms with Crippen LogP contribution in [0.15, 0.2) is 6.20 Å². The van der Waals surface area contributed by atoms with E-state index in [4.69, 9.17) is 11.6 Å². The normalized spacial score (nSPS) is 16.3. The van der Waals surface area contributed by atoms with Crippen molar-refractivity contribution in [1.29, 1.82) is 0 Å². The summed E-state index contributed by atoms with van der Waals surface area (Å²) in [6.45, 7) is 1.03. The number of aromatic nitrogens is 1. The molecule has 1 aliphatic rings. The van der Waals surface area contributed by atoms with Gasteiger partial charge in [0.1, 0.15) is 0 Å². The number of hydrogen-bond acceptors (Lipinski definition) is 6. The average molecular weight is 269 g/mol. The minimum absolute atomic E-state index is 0.274. The van der Waals surface area contributed by atoms with E-state index < -0.39 is 0 Å². The minimum Gasteiger partial charge on any atom is -0.369 e. The number of primary amides is 1. The molecule has 0 spiro atoms. The van der Waals surface area contributed by atoms with Gasteiger partial charge in [0.25, 0.3) is 0 Å². The molecule has 1 heterocycles. The average Bonchev–Trinajstić information content (AvgIpc) is 2.98. The van der Waals surface area contributed by atoms with Crippen LogP contribution in [0, 0.1) is 0 Å². The molecule has 1 amide bonds. The van der Waals surface area contributed by atoms with Gasteiger partial charge in [0.2, 0.25) is 5.91 Å². The fourth-order valence-corrected chi connectivity index (χ4v) is 3.18. The summed E-state index contributed by atoms with van der Waals surface area (Å²) in [6.07, 6.45) is 6.56. The lowest BCUT2D eigenvalue weighted by Gasteiger charge is -2.26. The van der Waals surface area contributed by atoms with E-state index in [9.17, 15) is 4.79 Å². The van der Waals surface area contributed by atoms with E-state index in [-0.39, 0.29) is 5.91 Å². The van der Waals surface area contributed by atoms with Crippen LogP contribution >= 0.6 is 11.3 Å². The number of carbonyl (C=O) groups excluding carboxylic acids is 1. The topological polar surface area (TPSA) is 97.3 Å². The number of nitrogens with zero attached hydrogens (tertiary/aromatic N) is 2. The number of hydrogen-bond donors (Lipinski definition) is 3. The van der Waals surface area contributed by atoms with Crippen LogP contribution < -0.4 is 17.0 Å². The number of nitrogens with one attached hydrogen (secondary N) is 1. The molecule has 0 aliphatic heterocycles. The molecule has 0 atom stereocenters. The van der Waals surface area contributed by atoms with Crippen LogP contribution in [0.25, 0.3) is 0 Å². The van der Waals surface area contributed by atoms with Crippen molar-refractivity contribution in [1.82, 2.24) is 9.88 Å². The molecule has 0 aromatic carbocycles. The highest BCUT2D eigenvalue weighted by Gasteiger charge is 2.24. The number of nitrogen functional groups attached to an aromatic ring is 1. The zero-order valence-electron chi connectivity index (χ0n) is 10.3. The summed E-state index contributed by atoms with van der Waals surface area (Å²) in [7, 11) is 0. The molecule has 2 rings (SSSR count). The first kappa shape index (κ1) is 13.3. The number of nitrogens with two attached hydrogens (primary N) is 2. The predicted molar refractivity (Wildman–Crippen MR) is 71.8 cm³/mol. The van der Waals surface area contributed by atoms with Crippen molar-refractivity contribution < 1.29 is 4.79 Å². The number of hydrazine groups is 1. The molecule has 1 fully saturated rings. The lowest BCUT2D eigenvalue weighted by atomic mass is 10.2. The van der Waals surface area contributed by atoms with Crippen LogP contribution in [0.1, 0.15) is 30.6 Å². The molecule has 1 aliphatic carbocycles. The third kappa shape index (κ3) is 3.41. The molecule has 0 saturated heterocycles. The maximum absolute atomic E-state index is 11.2. The van der Waals surface area contributed by atoms with E-state index in [1.165, 1.54) is 24.2 Å². The second kappa shape index (κ2) is 6.12. The van der Waals surface area contributed by atoms with Gasteiger partial charge in [-0.05, 0) is 12.8 Å². The zero-order valence-corrected chi connectivity index (χ0v) is 11.1. The summed E-state index contributed by atoms with van der Waals surface area (Å²) >= 11 is 1.51. The third-order valence-corrected chi connectivity index (χ3v) is 4.15. The van der Waals surface area contributed by atoms with Crippen molar-refractivity contribution in [3.05, 3.63) is 11.1 Å². The molecule has 0 unspecified atom stereocenters. The minimum atomic E-state index is -0.274. The van der Waals surface area contributed by atoms with Gasteiger partial charge < -0.3 is 5.73 Å². The fraction of sp³-hybridized carbons (Fsp3) is 0.636. The van der Waals surface area contributed by atoms with Gasteiger partial charge >= 0.3 is 0 Å². The first-order valence-corrected chi connectivity index (χ1v) is 6.94. The Bertz CT molecular complexity index is 402. The highest BCUT2D eigenvalue weighted by atomic mass is 32.1. The summed E-state index contributed by atoms with van der Waals surface area (Å²) in [5.41, 5.74) is 7.85. The van der Waals surface area contributed by atoms with Crippen molar-refractivity contribution in [3.63, 3.8) is 0 Å². The van der Waals surface area contributed by atoms with Gasteiger partial charge in [0.15, 0.2) is 5.13 Å². The molecule has 6 nitrogen and oxygen atoms in total. The summed E-state index contributed by atoms with van der Waals surface area (Å²) < 4.78 is 0. The highest BCUT2D eigenvalue weighted by Crippen LogP contribution is 2.26. The Kier molecular flexibility index (Phi) is 4.51. The Morgan fingerprint density at radius 2 is 2.28 bits per heavy atom. The largest absolute Gasteiger partial charge is 0.369 e. The quantitative estimate of drug-likeness (QED) is 0.520. The maximum atomic E-state index is 11.2. The number of amides is 1. The van der Waals surface area contributed by atoms with E-state index in [1.54, 1.807) is 6.20 Å². The Hall–Kier alpha value is -1.18. The summed E-state index contributed by atoms with van der Waals surface area (Å²) in [4.78, 5) is 18.5. The molecule has 1 aromatic rings. The Morgan fingerprint density at radius 1 is 1.56 bits per heavy atom. The molecule has 0 bridgehead atoms. The SMILES string of the molecule is NNc1ncc(CN(CC(N)=O)C2CCCC2)s1. The Morgan fingerprint density at radius 3 is 2.83 bits per heavy atom. The van der Waals surface area contributed by atoms with Gasteiger partial charge in [-0.15, -0.1) is 0 Å². The van der Waals surface area contributed by atoms with E-state index in [0.29, 0.717) is 24.3 Å². The first-order valence-electron chi connectivity index (χ1n) is 6.12. The van der Waals surface area contributed by atoms with Gasteiger partial charge in [0.05, 0.1) is 6.54 Å². The number of carbonyl (C=O) groups is 1. The third-order valence-electron chi connectivity index (χ3n) is 3.24. The summed E-state index contributed by atoms with van der Waals surface area (Å²) in [5.74, 6) is 5.03. The van der Waals surface area contributed by atoms with Crippen molar-refractivity contribution in [2.24, 2.45) is 11.6 Å². The van der Waals surface area contributed by atoms with Crippen LogP contribution in [0.5, 0.6) is 0 Å². The van der Waals surface area contributed by atoms with Crippen LogP contribution in [0.4, 0.5) is 5.13 Å². The van der Waals surface area contributed by atoms with Crippen LogP contribution in [0.3, 0.4) is 0 Å². The lowest BCUT2D eigenvalue weighted by Crippen LogP contribution is -2.39. The Labute approximate surface area is 110 Å². The predicted octanol–water partition coefficient (Wildman–Crippen LogP) is 0.659. The van der Waals surface area contributed by atoms with E-state index in [1.807, 2.05) is 0 Å². The second-order valence-electron chi connectivity index (χ2n) is 4.59. The van der Waals surface area contributed by atoms with Crippen LogP contribution in [-0.2, 0) is 11.3 Å². The standard InChI is InChI=1S/C11H19N5OS/c12-10(17)7-16(8-3-1-2-4-8)6-9-5-14-11(15-13)18-9/h5,8H,1-4,6-7,13H2,(H2,12,17)(H,14,15). The summed E-state index contributed by atoms with van der Waals surface area (Å²) in [6, 6.07) is 0.467. The molecule has 18 heavy (non-hydrogen) atoms. The van der Waals surface area contributed by atoms with Gasteiger partial charge in [-0.1, -0.05) is 24.2 Å². The first-order chi connectivity index (χ1) is 8.69. The van der Waals surface area contributed by atoms with Crippen molar-refractivity contribution in [2.75, 3.05) is 12.0 Å². The molecule has 100 valence electrons. The van der Waals surface area contributed by atoms with Crippen molar-refractivity contribution in [2.45, 2.75) is 38.3 Å². The fourth-order valence-electron chi connectivity index (χ4n) is 2.43. The van der Waals surface area contributed by atoms with Gasteiger partial charge in [-0.2, -0.15) is 0 Å². The van der Waals surface area contributed by atoms with Crippen molar-refractivity contribution >= 4 is 22.4 Å². The van der Waals surface area contributed by atoms with E-state index >= 15 is 0 Å². The van der Waals surface area contributed by atoms with E-state index in [0.717, 1.165) is 17.7 Å². The molecule has 1 saturated carbocycles. The Balaban J connectivity index is 2.01. The van der Waals surface area contributed by atoms with E-state index in [2.05, 4.69) is 15.3 Å². The molecule has 7 heteroatoms. The molecular weight excluding hydrogens is 250 g/mol. The zero-order chi connectivity index (χ0) is 13.0. The number of rotatable bonds is 6.